The Hall–Kier alpha value is -1.68. The number of ether oxygens (including phenoxy) is 1. The van der Waals surface area contributed by atoms with Gasteiger partial charge in [-0.25, -0.2) is 18.5 Å². The summed E-state index contributed by atoms with van der Waals surface area (Å²) < 4.78 is 51.3. The van der Waals surface area contributed by atoms with Crippen molar-refractivity contribution in [2.45, 2.75) is 24.5 Å². The summed E-state index contributed by atoms with van der Waals surface area (Å²) in [5.74, 6) is -0.135. The van der Waals surface area contributed by atoms with Crippen LogP contribution in [0.3, 0.4) is 0 Å². The van der Waals surface area contributed by atoms with Crippen LogP contribution in [0.5, 0.6) is 0 Å². The highest BCUT2D eigenvalue weighted by atomic mass is 31.3. The highest BCUT2D eigenvalue weighted by Crippen LogP contribution is 2.66. The van der Waals surface area contributed by atoms with Crippen LogP contribution < -0.4 is 11.4 Å². The summed E-state index contributed by atoms with van der Waals surface area (Å²) in [4.78, 5) is 53.4. The van der Waals surface area contributed by atoms with E-state index in [0.29, 0.717) is 0 Å². The Balaban J connectivity index is 2.15. The maximum atomic E-state index is 12.0. The molecule has 19 nitrogen and oxygen atoms in total. The second kappa shape index (κ2) is 9.44. The van der Waals surface area contributed by atoms with Crippen molar-refractivity contribution in [3.05, 3.63) is 33.2 Å². The number of aliphatic hydroxyl groups excluding tert-OH is 1. The number of azide groups is 1. The normalized spacial score (nSPS) is 27.8. The molecule has 0 aliphatic carbocycles. The molecule has 1 aliphatic heterocycles. The molecule has 6 atom stereocenters. The lowest BCUT2D eigenvalue weighted by molar-refractivity contribution is -0.0455. The van der Waals surface area contributed by atoms with Crippen LogP contribution in [0.15, 0.2) is 22.2 Å². The van der Waals surface area contributed by atoms with Crippen LogP contribution in [0.4, 0.5) is 5.82 Å². The average Bonchev–Trinajstić information content (AvgIpc) is 2.86. The van der Waals surface area contributed by atoms with E-state index in [9.17, 15) is 28.5 Å². The van der Waals surface area contributed by atoms with E-state index >= 15 is 0 Å². The molecule has 2 rings (SSSR count). The van der Waals surface area contributed by atoms with Gasteiger partial charge in [0.05, 0.1) is 12.7 Å². The van der Waals surface area contributed by atoms with Crippen molar-refractivity contribution in [2.24, 2.45) is 5.11 Å². The van der Waals surface area contributed by atoms with Crippen molar-refractivity contribution in [1.29, 1.82) is 0 Å². The third kappa shape index (κ3) is 7.17. The number of nitrogens with zero attached hydrogens (tertiary/aromatic N) is 5. The van der Waals surface area contributed by atoms with E-state index in [0.717, 1.165) is 10.8 Å². The van der Waals surface area contributed by atoms with E-state index in [1.165, 1.54) is 6.07 Å². The standard InChI is InChI=1S/C9H15N6O13P3/c10-5-1-2-15(9(17)12-5)8-6(13-14-11)7(16)4(26-8)3-25-30(21,22)28-31(23,24)27-29(18,19)20/h1-2,4,6-8,16H,3H2,(H,21,22)(H,23,24)(H2,10,12,17)(H2,18,19,20)/t4-,6-,7-,8-/m1/s1. The van der Waals surface area contributed by atoms with Gasteiger partial charge >= 0.3 is 29.2 Å². The summed E-state index contributed by atoms with van der Waals surface area (Å²) in [5, 5.41) is 13.6. The Morgan fingerprint density at radius 2 is 1.90 bits per heavy atom. The average molecular weight is 508 g/mol. The molecule has 2 heterocycles. The van der Waals surface area contributed by atoms with Crippen molar-refractivity contribution in [3.63, 3.8) is 0 Å². The Kier molecular flexibility index (Phi) is 7.79. The summed E-state index contributed by atoms with van der Waals surface area (Å²) in [6, 6.07) is -0.244. The zero-order valence-electron chi connectivity index (χ0n) is 14.8. The molecule has 0 aromatic carbocycles. The molecule has 0 saturated carbocycles. The number of aliphatic hydroxyl groups is 1. The first-order valence-corrected chi connectivity index (χ1v) is 12.2. The lowest BCUT2D eigenvalue weighted by atomic mass is 10.1. The fourth-order valence-electron chi connectivity index (χ4n) is 2.37. The second-order valence-corrected chi connectivity index (χ2v) is 10.1. The molecule has 0 amide bonds. The van der Waals surface area contributed by atoms with Crippen molar-refractivity contribution in [1.82, 2.24) is 9.55 Å². The molecule has 1 saturated heterocycles. The first kappa shape index (κ1) is 25.6. The molecule has 0 bridgehead atoms. The number of rotatable bonds is 9. The van der Waals surface area contributed by atoms with Gasteiger partial charge in [-0.1, -0.05) is 5.11 Å². The number of nitrogen functional groups attached to an aromatic ring is 1. The van der Waals surface area contributed by atoms with E-state index in [1.54, 1.807) is 0 Å². The molecule has 2 unspecified atom stereocenters. The van der Waals surface area contributed by atoms with Gasteiger partial charge in [-0.15, -0.1) is 0 Å². The minimum Gasteiger partial charge on any atom is -0.390 e. The molecule has 1 aliphatic rings. The van der Waals surface area contributed by atoms with Gasteiger partial charge in [0.2, 0.25) is 0 Å². The molecule has 1 aromatic heterocycles. The van der Waals surface area contributed by atoms with Gasteiger partial charge in [-0.2, -0.15) is 13.6 Å². The molecule has 31 heavy (non-hydrogen) atoms. The number of anilines is 1. The van der Waals surface area contributed by atoms with Crippen molar-refractivity contribution >= 4 is 29.3 Å². The van der Waals surface area contributed by atoms with Crippen LogP contribution in [-0.2, 0) is 31.6 Å². The minimum atomic E-state index is -5.74. The smallest absolute Gasteiger partial charge is 0.390 e. The van der Waals surface area contributed by atoms with Gasteiger partial charge in [-0.3, -0.25) is 9.09 Å². The predicted octanol–water partition coefficient (Wildman–Crippen LogP) is -0.894. The largest absolute Gasteiger partial charge is 0.490 e. The predicted molar refractivity (Wildman–Crippen MR) is 95.6 cm³/mol. The van der Waals surface area contributed by atoms with E-state index in [-0.39, 0.29) is 5.82 Å². The highest BCUT2D eigenvalue weighted by Gasteiger charge is 2.47. The zero-order valence-corrected chi connectivity index (χ0v) is 17.5. The van der Waals surface area contributed by atoms with E-state index < -0.39 is 60.2 Å². The van der Waals surface area contributed by atoms with E-state index in [4.69, 9.17) is 30.7 Å². The van der Waals surface area contributed by atoms with Gasteiger partial charge in [0.15, 0.2) is 0 Å². The highest BCUT2D eigenvalue weighted by molar-refractivity contribution is 7.66. The zero-order chi connectivity index (χ0) is 23.6. The third-order valence-corrected chi connectivity index (χ3v) is 7.27. The van der Waals surface area contributed by atoms with Crippen LogP contribution in [0.25, 0.3) is 10.4 Å². The van der Waals surface area contributed by atoms with Crippen LogP contribution in [0.1, 0.15) is 6.23 Å². The van der Waals surface area contributed by atoms with Crippen molar-refractivity contribution in [3.8, 4) is 0 Å². The van der Waals surface area contributed by atoms with Gasteiger partial charge in [0, 0.05) is 11.1 Å². The summed E-state index contributed by atoms with van der Waals surface area (Å²) in [6.07, 6.45) is -3.58. The third-order valence-electron chi connectivity index (χ3n) is 3.47. The Morgan fingerprint density at radius 1 is 1.26 bits per heavy atom. The molecule has 1 fully saturated rings. The molecular weight excluding hydrogens is 493 g/mol. The van der Waals surface area contributed by atoms with E-state index in [1.807, 2.05) is 0 Å². The van der Waals surface area contributed by atoms with Crippen LogP contribution in [-0.4, -0.2) is 59.1 Å². The fourth-order valence-corrected chi connectivity index (χ4v) is 5.40. The number of hydrogen-bond acceptors (Lipinski definition) is 12. The maximum absolute atomic E-state index is 12.0. The number of phosphoric ester groups is 1. The number of hydrogen-bond donors (Lipinski definition) is 6. The quantitative estimate of drug-likeness (QED) is 0.102. The first-order valence-electron chi connectivity index (χ1n) is 7.65. The number of nitrogens with two attached hydrogens (primary N) is 1. The van der Waals surface area contributed by atoms with Crippen LogP contribution in [0, 0.1) is 0 Å². The second-order valence-electron chi connectivity index (χ2n) is 5.68. The van der Waals surface area contributed by atoms with Gasteiger partial charge in [0.1, 0.15) is 24.2 Å². The maximum Gasteiger partial charge on any atom is 0.490 e. The van der Waals surface area contributed by atoms with E-state index in [2.05, 4.69) is 28.2 Å². The SMILES string of the molecule is [N-]=[N+]=N[C@@H]1[C@H](O)[C@@H](COP(=O)(O)OP(=O)(O)OP(=O)(O)O)O[C@H]1n1ccc(N)nc1=O. The molecule has 174 valence electrons. The summed E-state index contributed by atoms with van der Waals surface area (Å²) in [6.45, 7) is -1.03. The Morgan fingerprint density at radius 3 is 2.45 bits per heavy atom. The monoisotopic (exact) mass is 508 g/mol. The molecule has 22 heteroatoms. The molecule has 0 spiro atoms. The Labute approximate surface area is 171 Å². The van der Waals surface area contributed by atoms with Gasteiger partial charge in [-0.05, 0) is 11.6 Å². The van der Waals surface area contributed by atoms with Gasteiger partial charge in [0.25, 0.3) is 0 Å². The summed E-state index contributed by atoms with van der Waals surface area (Å²) in [5.41, 5.74) is 13.1. The van der Waals surface area contributed by atoms with Crippen LogP contribution >= 0.6 is 23.5 Å². The first-order chi connectivity index (χ1) is 14.1. The topological polar surface area (TPSA) is 299 Å². The fraction of sp³-hybridized carbons (Fsp3) is 0.556. The molecule has 7 N–H and O–H groups in total. The lowest BCUT2D eigenvalue weighted by Gasteiger charge is -2.19. The summed E-state index contributed by atoms with van der Waals surface area (Å²) in [7, 11) is -16.8. The summed E-state index contributed by atoms with van der Waals surface area (Å²) >= 11 is 0. The van der Waals surface area contributed by atoms with Crippen LogP contribution in [0.2, 0.25) is 0 Å². The minimum absolute atomic E-state index is 0.135. The lowest BCUT2D eigenvalue weighted by Crippen LogP contribution is -2.35. The number of aromatic nitrogens is 2. The molecule has 0 radical (unpaired) electrons. The Bertz CT molecular complexity index is 1070. The van der Waals surface area contributed by atoms with Crippen molar-refractivity contribution in [2.75, 3.05) is 12.3 Å². The molecular formula is C9H15N6O13P3. The van der Waals surface area contributed by atoms with Crippen molar-refractivity contribution < 1.29 is 56.3 Å². The van der Waals surface area contributed by atoms with Gasteiger partial charge < -0.3 is 35.2 Å². The molecule has 1 aromatic rings. The number of phosphoric acid groups is 3.